The maximum atomic E-state index is 13.8. The first kappa shape index (κ1) is 17.8. The summed E-state index contributed by atoms with van der Waals surface area (Å²) in [4.78, 5) is 11.8. The van der Waals surface area contributed by atoms with Crippen molar-refractivity contribution in [3.05, 3.63) is 64.5 Å². The molecule has 2 aromatic rings. The molecule has 0 heterocycles. The van der Waals surface area contributed by atoms with E-state index in [0.29, 0.717) is 6.07 Å². The van der Waals surface area contributed by atoms with E-state index in [-0.39, 0.29) is 6.54 Å². The predicted molar refractivity (Wildman–Crippen MR) is 83.2 cm³/mol. The minimum Gasteiger partial charge on any atom is -0.334 e. The monoisotopic (exact) mass is 340 g/mol. The summed E-state index contributed by atoms with van der Waals surface area (Å²) in [5, 5.41) is 4.59. The number of hydrogen-bond acceptors (Lipinski definition) is 1. The quantitative estimate of drug-likeness (QED) is 0.776. The summed E-state index contributed by atoms with van der Waals surface area (Å²) in [6.07, 6.45) is -4.82. The molecule has 0 atom stereocenters. The standard InChI is InChI=1S/C17H16F4N2O/c1-10-6-11(2)8-12(7-10)9-22-16(24)23-14-5-3-4-13(15(14)18)17(19,20)21/h3-8H,9H2,1-2H3,(H2,22,23,24). The number of rotatable bonds is 3. The molecule has 7 heteroatoms. The third-order valence-electron chi connectivity index (χ3n) is 3.29. The smallest absolute Gasteiger partial charge is 0.334 e. The Balaban J connectivity index is 2.05. The van der Waals surface area contributed by atoms with Crippen molar-refractivity contribution in [3.63, 3.8) is 0 Å². The highest BCUT2D eigenvalue weighted by atomic mass is 19.4. The second kappa shape index (κ2) is 6.90. The van der Waals surface area contributed by atoms with E-state index in [9.17, 15) is 22.4 Å². The lowest BCUT2D eigenvalue weighted by molar-refractivity contribution is -0.139. The topological polar surface area (TPSA) is 41.1 Å². The van der Waals surface area contributed by atoms with Crippen LogP contribution in [0.2, 0.25) is 0 Å². The fraction of sp³-hybridized carbons (Fsp3) is 0.235. The summed E-state index contributed by atoms with van der Waals surface area (Å²) < 4.78 is 51.8. The minimum absolute atomic E-state index is 0.176. The van der Waals surface area contributed by atoms with Crippen LogP contribution in [0.25, 0.3) is 0 Å². The van der Waals surface area contributed by atoms with Gasteiger partial charge in [-0.25, -0.2) is 9.18 Å². The van der Waals surface area contributed by atoms with Gasteiger partial charge in [0.05, 0.1) is 11.3 Å². The van der Waals surface area contributed by atoms with E-state index in [4.69, 9.17) is 0 Å². The molecule has 0 aliphatic heterocycles. The van der Waals surface area contributed by atoms with Crippen molar-refractivity contribution in [3.8, 4) is 0 Å². The first-order chi connectivity index (χ1) is 11.2. The number of benzene rings is 2. The van der Waals surface area contributed by atoms with Gasteiger partial charge in [0.2, 0.25) is 0 Å². The summed E-state index contributed by atoms with van der Waals surface area (Å²) in [6, 6.07) is 7.66. The van der Waals surface area contributed by atoms with E-state index in [1.54, 1.807) is 0 Å². The molecule has 0 unspecified atom stereocenters. The van der Waals surface area contributed by atoms with Crippen LogP contribution in [0.5, 0.6) is 0 Å². The fourth-order valence-electron chi connectivity index (χ4n) is 2.37. The number of halogens is 4. The summed E-state index contributed by atoms with van der Waals surface area (Å²) in [5.41, 5.74) is 0.941. The zero-order valence-corrected chi connectivity index (χ0v) is 13.1. The van der Waals surface area contributed by atoms with Crippen LogP contribution in [-0.2, 0) is 12.7 Å². The van der Waals surface area contributed by atoms with Crippen LogP contribution < -0.4 is 10.6 Å². The fourth-order valence-corrected chi connectivity index (χ4v) is 2.37. The number of aryl methyl sites for hydroxylation is 2. The summed E-state index contributed by atoms with van der Waals surface area (Å²) in [5.74, 6) is -1.51. The van der Waals surface area contributed by atoms with E-state index in [2.05, 4.69) is 10.6 Å². The molecule has 0 saturated carbocycles. The van der Waals surface area contributed by atoms with Gasteiger partial charge in [-0.3, -0.25) is 0 Å². The molecule has 2 aromatic carbocycles. The number of urea groups is 1. The van der Waals surface area contributed by atoms with Crippen molar-refractivity contribution in [2.24, 2.45) is 0 Å². The molecule has 0 radical (unpaired) electrons. The van der Waals surface area contributed by atoms with Gasteiger partial charge >= 0.3 is 12.2 Å². The molecule has 0 fully saturated rings. The maximum absolute atomic E-state index is 13.8. The highest BCUT2D eigenvalue weighted by Gasteiger charge is 2.35. The normalized spacial score (nSPS) is 11.2. The Bertz CT molecular complexity index is 736. The van der Waals surface area contributed by atoms with E-state index < -0.39 is 29.3 Å². The Morgan fingerprint density at radius 1 is 1.08 bits per heavy atom. The van der Waals surface area contributed by atoms with Gasteiger partial charge in [-0.05, 0) is 31.5 Å². The molecule has 0 spiro atoms. The van der Waals surface area contributed by atoms with Crippen LogP contribution in [0.4, 0.5) is 28.0 Å². The van der Waals surface area contributed by atoms with Crippen molar-refractivity contribution in [1.82, 2.24) is 5.32 Å². The number of hydrogen-bond donors (Lipinski definition) is 2. The third-order valence-corrected chi connectivity index (χ3v) is 3.29. The van der Waals surface area contributed by atoms with Gasteiger partial charge in [0.15, 0.2) is 5.82 Å². The lowest BCUT2D eigenvalue weighted by Gasteiger charge is -2.13. The van der Waals surface area contributed by atoms with Crippen molar-refractivity contribution < 1.29 is 22.4 Å². The Morgan fingerprint density at radius 2 is 1.71 bits per heavy atom. The third kappa shape index (κ3) is 4.47. The Morgan fingerprint density at radius 3 is 2.29 bits per heavy atom. The highest BCUT2D eigenvalue weighted by Crippen LogP contribution is 2.33. The molecule has 128 valence electrons. The van der Waals surface area contributed by atoms with Crippen molar-refractivity contribution in [2.75, 3.05) is 5.32 Å². The Hall–Kier alpha value is -2.57. The molecule has 2 amide bonds. The van der Waals surface area contributed by atoms with E-state index in [1.807, 2.05) is 32.0 Å². The van der Waals surface area contributed by atoms with Crippen LogP contribution in [0, 0.1) is 19.7 Å². The Kier molecular flexibility index (Phi) is 5.11. The van der Waals surface area contributed by atoms with Crippen molar-refractivity contribution in [2.45, 2.75) is 26.6 Å². The molecule has 0 aromatic heterocycles. The average Bonchev–Trinajstić information content (AvgIpc) is 2.45. The van der Waals surface area contributed by atoms with E-state index >= 15 is 0 Å². The zero-order chi connectivity index (χ0) is 17.9. The molecule has 2 rings (SSSR count). The van der Waals surface area contributed by atoms with Gasteiger partial charge in [-0.15, -0.1) is 0 Å². The molecule has 0 aliphatic carbocycles. The van der Waals surface area contributed by atoms with Gasteiger partial charge in [0, 0.05) is 6.54 Å². The van der Waals surface area contributed by atoms with Gasteiger partial charge in [0.1, 0.15) is 0 Å². The van der Waals surface area contributed by atoms with Gasteiger partial charge < -0.3 is 10.6 Å². The van der Waals surface area contributed by atoms with E-state index in [1.165, 1.54) is 0 Å². The number of amides is 2. The summed E-state index contributed by atoms with van der Waals surface area (Å²) in [6.45, 7) is 4.00. The van der Waals surface area contributed by atoms with Crippen LogP contribution in [0.1, 0.15) is 22.3 Å². The van der Waals surface area contributed by atoms with Crippen LogP contribution in [0.3, 0.4) is 0 Å². The molecule has 24 heavy (non-hydrogen) atoms. The van der Waals surface area contributed by atoms with Crippen LogP contribution in [0.15, 0.2) is 36.4 Å². The molecule has 2 N–H and O–H groups in total. The van der Waals surface area contributed by atoms with Crippen molar-refractivity contribution in [1.29, 1.82) is 0 Å². The molecule has 0 aliphatic rings. The molecule has 0 saturated heterocycles. The van der Waals surface area contributed by atoms with Gasteiger partial charge in [0.25, 0.3) is 0 Å². The number of carbonyl (C=O) groups excluding carboxylic acids is 1. The first-order valence-corrected chi connectivity index (χ1v) is 7.14. The second-order valence-electron chi connectivity index (χ2n) is 5.47. The van der Waals surface area contributed by atoms with E-state index in [0.717, 1.165) is 28.8 Å². The predicted octanol–water partition coefficient (Wildman–Crippen LogP) is 4.78. The number of anilines is 1. The average molecular weight is 340 g/mol. The van der Waals surface area contributed by atoms with Crippen molar-refractivity contribution >= 4 is 11.7 Å². The highest BCUT2D eigenvalue weighted by molar-refractivity contribution is 5.89. The Labute approximate surface area is 136 Å². The van der Waals surface area contributed by atoms with Crippen LogP contribution in [-0.4, -0.2) is 6.03 Å². The number of nitrogens with one attached hydrogen (secondary N) is 2. The SMILES string of the molecule is Cc1cc(C)cc(CNC(=O)Nc2cccc(C(F)(F)F)c2F)c1. The number of alkyl halides is 3. The largest absolute Gasteiger partial charge is 0.419 e. The number of carbonyl (C=O) groups is 1. The molecular formula is C17H16F4N2O. The summed E-state index contributed by atoms with van der Waals surface area (Å²) >= 11 is 0. The lowest BCUT2D eigenvalue weighted by atomic mass is 10.1. The molecule has 0 bridgehead atoms. The molecule has 3 nitrogen and oxygen atoms in total. The zero-order valence-electron chi connectivity index (χ0n) is 13.1. The van der Waals surface area contributed by atoms with Crippen LogP contribution >= 0.6 is 0 Å². The van der Waals surface area contributed by atoms with Gasteiger partial charge in [-0.1, -0.05) is 35.4 Å². The minimum atomic E-state index is -4.82. The maximum Gasteiger partial charge on any atom is 0.419 e. The van der Waals surface area contributed by atoms with Gasteiger partial charge in [-0.2, -0.15) is 13.2 Å². The lowest BCUT2D eigenvalue weighted by Crippen LogP contribution is -2.29. The molecular weight excluding hydrogens is 324 g/mol. The summed E-state index contributed by atoms with van der Waals surface area (Å²) in [7, 11) is 0. The first-order valence-electron chi connectivity index (χ1n) is 7.14. The second-order valence-corrected chi connectivity index (χ2v) is 5.47.